The van der Waals surface area contributed by atoms with Crippen molar-refractivity contribution in [2.45, 2.75) is 19.3 Å². The van der Waals surface area contributed by atoms with Crippen LogP contribution < -0.4 is 11.1 Å². The molecule has 0 unspecified atom stereocenters. The first-order valence-corrected chi connectivity index (χ1v) is 6.67. The maximum absolute atomic E-state index is 12.1. The summed E-state index contributed by atoms with van der Waals surface area (Å²) in [5, 5.41) is 3.82. The molecule has 0 saturated heterocycles. The zero-order chi connectivity index (χ0) is 13.2. The van der Waals surface area contributed by atoms with E-state index in [2.05, 4.69) is 10.3 Å². The number of aromatic nitrogens is 1. The van der Waals surface area contributed by atoms with E-state index in [1.54, 1.807) is 6.07 Å². The fourth-order valence-electron chi connectivity index (χ4n) is 2.34. The Bertz CT molecular complexity index is 620. The summed E-state index contributed by atoms with van der Waals surface area (Å²) in [6, 6.07) is 9.24. The number of hydrogen-bond donors (Lipinski definition) is 2. The van der Waals surface area contributed by atoms with E-state index in [0.29, 0.717) is 17.3 Å². The number of benzene rings is 1. The lowest BCUT2D eigenvalue weighted by Gasteiger charge is -2.25. The molecule has 1 aromatic carbocycles. The number of nitrogens with two attached hydrogens (primary N) is 1. The molecular weight excluding hydrogens is 238 g/mol. The van der Waals surface area contributed by atoms with E-state index in [4.69, 9.17) is 5.73 Å². The van der Waals surface area contributed by atoms with E-state index >= 15 is 0 Å². The van der Waals surface area contributed by atoms with Crippen LogP contribution in [0.3, 0.4) is 0 Å². The highest BCUT2D eigenvalue weighted by molar-refractivity contribution is 5.99. The second-order valence-electron chi connectivity index (χ2n) is 5.12. The molecule has 98 valence electrons. The molecule has 0 radical (unpaired) electrons. The standard InChI is InChI=1S/C15H17N3O/c16-12-8-14(15(19)17-9-10-4-3-5-10)18-13-7-2-1-6-11(12)13/h1-2,6-8,10H,3-5,9H2,(H2,16,18)(H,17,19). The molecule has 1 saturated carbocycles. The molecule has 4 heteroatoms. The van der Waals surface area contributed by atoms with Crippen molar-refractivity contribution in [3.05, 3.63) is 36.0 Å². The molecule has 1 fully saturated rings. The Morgan fingerprint density at radius 2 is 2.16 bits per heavy atom. The van der Waals surface area contributed by atoms with Crippen LogP contribution in [0.2, 0.25) is 0 Å². The smallest absolute Gasteiger partial charge is 0.269 e. The highest BCUT2D eigenvalue weighted by Gasteiger charge is 2.19. The van der Waals surface area contributed by atoms with Crippen molar-refractivity contribution in [2.24, 2.45) is 5.92 Å². The van der Waals surface area contributed by atoms with Crippen LogP contribution in [0.4, 0.5) is 5.69 Å². The third-order valence-corrected chi connectivity index (χ3v) is 3.76. The van der Waals surface area contributed by atoms with Crippen LogP contribution in [-0.4, -0.2) is 17.4 Å². The highest BCUT2D eigenvalue weighted by atomic mass is 16.1. The lowest BCUT2D eigenvalue weighted by atomic mass is 9.85. The van der Waals surface area contributed by atoms with Gasteiger partial charge in [0.1, 0.15) is 5.69 Å². The average Bonchev–Trinajstić information content (AvgIpc) is 2.36. The molecule has 4 nitrogen and oxygen atoms in total. The number of nitrogens with zero attached hydrogens (tertiary/aromatic N) is 1. The van der Waals surface area contributed by atoms with Crippen molar-refractivity contribution in [1.29, 1.82) is 0 Å². The topological polar surface area (TPSA) is 68.0 Å². The van der Waals surface area contributed by atoms with E-state index in [0.717, 1.165) is 17.4 Å². The van der Waals surface area contributed by atoms with E-state index in [-0.39, 0.29) is 5.91 Å². The lowest BCUT2D eigenvalue weighted by Crippen LogP contribution is -2.32. The Labute approximate surface area is 112 Å². The fourth-order valence-corrected chi connectivity index (χ4v) is 2.34. The van der Waals surface area contributed by atoms with E-state index in [1.165, 1.54) is 19.3 Å². The lowest BCUT2D eigenvalue weighted by molar-refractivity contribution is 0.0934. The average molecular weight is 255 g/mol. The number of amides is 1. The van der Waals surface area contributed by atoms with Gasteiger partial charge in [0.05, 0.1) is 5.52 Å². The molecule has 1 aliphatic rings. The van der Waals surface area contributed by atoms with Crippen LogP contribution in [0.5, 0.6) is 0 Å². The summed E-state index contributed by atoms with van der Waals surface area (Å²) in [7, 11) is 0. The summed E-state index contributed by atoms with van der Waals surface area (Å²) in [6.07, 6.45) is 3.71. The molecule has 0 bridgehead atoms. The molecule has 2 aromatic rings. The molecule has 1 amide bonds. The predicted octanol–water partition coefficient (Wildman–Crippen LogP) is 2.35. The minimum atomic E-state index is -0.135. The first kappa shape index (κ1) is 12.0. The van der Waals surface area contributed by atoms with Gasteiger partial charge < -0.3 is 11.1 Å². The van der Waals surface area contributed by atoms with Gasteiger partial charge in [-0.1, -0.05) is 24.6 Å². The molecule has 0 atom stereocenters. The van der Waals surface area contributed by atoms with E-state index in [9.17, 15) is 4.79 Å². The highest BCUT2D eigenvalue weighted by Crippen LogP contribution is 2.25. The van der Waals surface area contributed by atoms with Gasteiger partial charge in [-0.15, -0.1) is 0 Å². The first-order valence-electron chi connectivity index (χ1n) is 6.67. The van der Waals surface area contributed by atoms with Crippen LogP contribution in [0, 0.1) is 5.92 Å². The molecule has 1 heterocycles. The molecule has 19 heavy (non-hydrogen) atoms. The zero-order valence-electron chi connectivity index (χ0n) is 10.7. The minimum absolute atomic E-state index is 0.135. The summed E-state index contributed by atoms with van der Waals surface area (Å²) in [5.41, 5.74) is 7.72. The van der Waals surface area contributed by atoms with Gasteiger partial charge in [0.2, 0.25) is 0 Å². The van der Waals surface area contributed by atoms with Crippen molar-refractivity contribution in [3.63, 3.8) is 0 Å². The van der Waals surface area contributed by atoms with Crippen LogP contribution in [0.15, 0.2) is 30.3 Å². The monoisotopic (exact) mass is 255 g/mol. The number of nitrogen functional groups attached to an aromatic ring is 1. The van der Waals surface area contributed by atoms with Gasteiger partial charge in [-0.2, -0.15) is 0 Å². The Kier molecular flexibility index (Phi) is 3.07. The normalized spacial score (nSPS) is 15.2. The first-order chi connectivity index (χ1) is 9.24. The van der Waals surface area contributed by atoms with Crippen molar-refractivity contribution in [2.75, 3.05) is 12.3 Å². The number of rotatable bonds is 3. The molecule has 3 rings (SSSR count). The molecular formula is C15H17N3O. The van der Waals surface area contributed by atoms with Gasteiger partial charge >= 0.3 is 0 Å². The van der Waals surface area contributed by atoms with Gasteiger partial charge in [0, 0.05) is 17.6 Å². The van der Waals surface area contributed by atoms with Crippen molar-refractivity contribution < 1.29 is 4.79 Å². The second kappa shape index (κ2) is 4.88. The third kappa shape index (κ3) is 2.38. The van der Waals surface area contributed by atoms with Gasteiger partial charge in [-0.05, 0) is 30.9 Å². The molecule has 0 aliphatic heterocycles. The number of hydrogen-bond acceptors (Lipinski definition) is 3. The molecule has 1 aliphatic carbocycles. The molecule has 0 spiro atoms. The minimum Gasteiger partial charge on any atom is -0.398 e. The number of nitrogens with one attached hydrogen (secondary N) is 1. The van der Waals surface area contributed by atoms with Gasteiger partial charge in [-0.25, -0.2) is 4.98 Å². The molecule has 3 N–H and O–H groups in total. The number of para-hydroxylation sites is 1. The number of carbonyl (C=O) groups is 1. The number of anilines is 1. The third-order valence-electron chi connectivity index (χ3n) is 3.76. The SMILES string of the molecule is Nc1cc(C(=O)NCC2CCC2)nc2ccccc12. The van der Waals surface area contributed by atoms with Gasteiger partial charge in [0.25, 0.3) is 5.91 Å². The van der Waals surface area contributed by atoms with Crippen LogP contribution in [0.1, 0.15) is 29.8 Å². The van der Waals surface area contributed by atoms with Gasteiger partial charge in [-0.3, -0.25) is 4.79 Å². The Hall–Kier alpha value is -2.10. The number of carbonyl (C=O) groups excluding carboxylic acids is 1. The summed E-state index contributed by atoms with van der Waals surface area (Å²) in [4.78, 5) is 16.4. The Balaban J connectivity index is 1.81. The number of fused-ring (bicyclic) bond motifs is 1. The summed E-state index contributed by atoms with van der Waals surface area (Å²) < 4.78 is 0. The van der Waals surface area contributed by atoms with E-state index in [1.807, 2.05) is 24.3 Å². The summed E-state index contributed by atoms with van der Waals surface area (Å²) in [5.74, 6) is 0.506. The Morgan fingerprint density at radius 3 is 2.89 bits per heavy atom. The van der Waals surface area contributed by atoms with Crippen LogP contribution >= 0.6 is 0 Å². The predicted molar refractivity (Wildman–Crippen MR) is 75.8 cm³/mol. The quantitative estimate of drug-likeness (QED) is 0.884. The second-order valence-corrected chi connectivity index (χ2v) is 5.12. The van der Waals surface area contributed by atoms with Crippen LogP contribution in [-0.2, 0) is 0 Å². The summed E-state index contributed by atoms with van der Waals surface area (Å²) in [6.45, 7) is 0.743. The summed E-state index contributed by atoms with van der Waals surface area (Å²) >= 11 is 0. The zero-order valence-corrected chi connectivity index (χ0v) is 10.7. The maximum Gasteiger partial charge on any atom is 0.269 e. The van der Waals surface area contributed by atoms with Crippen molar-refractivity contribution in [1.82, 2.24) is 10.3 Å². The number of pyridine rings is 1. The maximum atomic E-state index is 12.1. The van der Waals surface area contributed by atoms with Crippen molar-refractivity contribution in [3.8, 4) is 0 Å². The van der Waals surface area contributed by atoms with E-state index < -0.39 is 0 Å². The van der Waals surface area contributed by atoms with Gasteiger partial charge in [0.15, 0.2) is 0 Å². The van der Waals surface area contributed by atoms with Crippen molar-refractivity contribution >= 4 is 22.5 Å². The Morgan fingerprint density at radius 1 is 1.37 bits per heavy atom. The largest absolute Gasteiger partial charge is 0.398 e. The van der Waals surface area contributed by atoms with Crippen LogP contribution in [0.25, 0.3) is 10.9 Å². The fraction of sp³-hybridized carbons (Fsp3) is 0.333. The molecule has 1 aromatic heterocycles.